The first-order valence-corrected chi connectivity index (χ1v) is 6.76. The average molecular weight is 268 g/mol. The largest absolute Gasteiger partial charge is 0.398 e. The maximum atomic E-state index is 12.1. The molecule has 0 unspecified atom stereocenters. The van der Waals surface area contributed by atoms with E-state index < -0.39 is 0 Å². The van der Waals surface area contributed by atoms with Crippen LogP contribution in [0.1, 0.15) is 27.0 Å². The zero-order valence-electron chi connectivity index (χ0n) is 11.9. The summed E-state index contributed by atoms with van der Waals surface area (Å²) in [5.41, 5.74) is 10.4. The van der Waals surface area contributed by atoms with Gasteiger partial charge in [0.1, 0.15) is 0 Å². The van der Waals surface area contributed by atoms with Crippen LogP contribution < -0.4 is 11.1 Å². The molecule has 2 rings (SSSR count). The molecule has 0 bridgehead atoms. The molecule has 1 amide bonds. The van der Waals surface area contributed by atoms with E-state index in [0.29, 0.717) is 17.8 Å². The van der Waals surface area contributed by atoms with Gasteiger partial charge in [-0.3, -0.25) is 4.79 Å². The number of hydrogen-bond acceptors (Lipinski definition) is 2. The van der Waals surface area contributed by atoms with Crippen LogP contribution in [0, 0.1) is 13.8 Å². The predicted octanol–water partition coefficient (Wildman–Crippen LogP) is 2.86. The smallest absolute Gasteiger partial charge is 0.253 e. The molecule has 0 aliphatic carbocycles. The zero-order chi connectivity index (χ0) is 14.5. The number of carbonyl (C=O) groups excluding carboxylic acids is 1. The molecule has 0 aliphatic heterocycles. The number of carbonyl (C=O) groups is 1. The van der Waals surface area contributed by atoms with Gasteiger partial charge in [-0.25, -0.2) is 0 Å². The Bertz CT molecular complexity index is 620. The van der Waals surface area contributed by atoms with Crippen molar-refractivity contribution in [3.63, 3.8) is 0 Å². The number of nitrogens with two attached hydrogens (primary N) is 1. The molecule has 0 saturated heterocycles. The monoisotopic (exact) mass is 268 g/mol. The Hall–Kier alpha value is -2.29. The minimum Gasteiger partial charge on any atom is -0.398 e. The van der Waals surface area contributed by atoms with Crippen LogP contribution in [-0.2, 0) is 6.42 Å². The van der Waals surface area contributed by atoms with Crippen LogP contribution in [0.2, 0.25) is 0 Å². The van der Waals surface area contributed by atoms with Gasteiger partial charge >= 0.3 is 0 Å². The van der Waals surface area contributed by atoms with Crippen LogP contribution >= 0.6 is 0 Å². The third-order valence-corrected chi connectivity index (χ3v) is 3.24. The first kappa shape index (κ1) is 14.1. The summed E-state index contributed by atoms with van der Waals surface area (Å²) in [6.07, 6.45) is 0.819. The molecule has 0 aromatic heterocycles. The van der Waals surface area contributed by atoms with Crippen molar-refractivity contribution in [2.24, 2.45) is 0 Å². The lowest BCUT2D eigenvalue weighted by atomic mass is 10.1. The summed E-state index contributed by atoms with van der Waals surface area (Å²) in [6, 6.07) is 13.8. The molecule has 20 heavy (non-hydrogen) atoms. The fraction of sp³-hybridized carbons (Fsp3) is 0.235. The highest BCUT2D eigenvalue weighted by atomic mass is 16.1. The standard InChI is InChI=1S/C17H20N2O/c1-12-4-3-5-14(10-12)8-9-19-17(20)15-11-13(2)6-7-16(15)18/h3-7,10-11H,8-9,18H2,1-2H3,(H,19,20). The minimum absolute atomic E-state index is 0.112. The number of anilines is 1. The van der Waals surface area contributed by atoms with Crippen LogP contribution in [0.5, 0.6) is 0 Å². The molecule has 0 spiro atoms. The highest BCUT2D eigenvalue weighted by Gasteiger charge is 2.09. The summed E-state index contributed by atoms with van der Waals surface area (Å²) in [5.74, 6) is -0.112. The lowest BCUT2D eigenvalue weighted by Gasteiger charge is -2.08. The molecule has 0 radical (unpaired) electrons. The average Bonchev–Trinajstić information content (AvgIpc) is 2.41. The fourth-order valence-corrected chi connectivity index (χ4v) is 2.15. The Morgan fingerprint density at radius 1 is 1.10 bits per heavy atom. The summed E-state index contributed by atoms with van der Waals surface area (Å²) in [7, 11) is 0. The Balaban J connectivity index is 1.94. The van der Waals surface area contributed by atoms with Crippen LogP contribution in [0.4, 0.5) is 5.69 Å². The number of benzene rings is 2. The topological polar surface area (TPSA) is 55.1 Å². The van der Waals surface area contributed by atoms with Crippen molar-refractivity contribution >= 4 is 11.6 Å². The molecule has 0 saturated carbocycles. The highest BCUT2D eigenvalue weighted by Crippen LogP contribution is 2.13. The zero-order valence-corrected chi connectivity index (χ0v) is 11.9. The van der Waals surface area contributed by atoms with Crippen LogP contribution in [0.25, 0.3) is 0 Å². The Labute approximate surface area is 119 Å². The van der Waals surface area contributed by atoms with Gasteiger partial charge in [-0.15, -0.1) is 0 Å². The van der Waals surface area contributed by atoms with E-state index in [1.54, 1.807) is 6.07 Å². The van der Waals surface area contributed by atoms with Gasteiger partial charge in [0.25, 0.3) is 5.91 Å². The van der Waals surface area contributed by atoms with Gasteiger partial charge in [-0.1, -0.05) is 41.5 Å². The van der Waals surface area contributed by atoms with Crippen molar-refractivity contribution < 1.29 is 4.79 Å². The number of hydrogen-bond donors (Lipinski definition) is 2. The van der Waals surface area contributed by atoms with E-state index >= 15 is 0 Å². The molecule has 3 nitrogen and oxygen atoms in total. The summed E-state index contributed by atoms with van der Waals surface area (Å²) in [4.78, 5) is 12.1. The van der Waals surface area contributed by atoms with Crippen molar-refractivity contribution in [1.29, 1.82) is 0 Å². The molecule has 3 heteroatoms. The number of nitrogens with one attached hydrogen (secondary N) is 1. The number of rotatable bonds is 4. The van der Waals surface area contributed by atoms with Crippen molar-refractivity contribution in [2.45, 2.75) is 20.3 Å². The molecule has 2 aromatic carbocycles. The quantitative estimate of drug-likeness (QED) is 0.838. The van der Waals surface area contributed by atoms with E-state index in [1.807, 2.05) is 25.1 Å². The molecule has 2 aromatic rings. The van der Waals surface area contributed by atoms with Gasteiger partial charge < -0.3 is 11.1 Å². The lowest BCUT2D eigenvalue weighted by molar-refractivity contribution is 0.0955. The van der Waals surface area contributed by atoms with Crippen LogP contribution in [-0.4, -0.2) is 12.5 Å². The van der Waals surface area contributed by atoms with Crippen molar-refractivity contribution in [1.82, 2.24) is 5.32 Å². The van der Waals surface area contributed by atoms with Gasteiger partial charge in [-0.05, 0) is 38.0 Å². The molecule has 0 fully saturated rings. The summed E-state index contributed by atoms with van der Waals surface area (Å²) in [6.45, 7) is 4.62. The molecule has 0 atom stereocenters. The van der Waals surface area contributed by atoms with Gasteiger partial charge in [0.15, 0.2) is 0 Å². The first-order chi connectivity index (χ1) is 9.56. The third-order valence-electron chi connectivity index (χ3n) is 3.24. The normalized spacial score (nSPS) is 10.3. The van der Waals surface area contributed by atoms with Gasteiger partial charge in [-0.2, -0.15) is 0 Å². The number of aryl methyl sites for hydroxylation is 2. The molecule has 0 heterocycles. The molecule has 3 N–H and O–H groups in total. The molecule has 104 valence electrons. The van der Waals surface area contributed by atoms with Crippen LogP contribution in [0.3, 0.4) is 0 Å². The second kappa shape index (κ2) is 6.24. The maximum Gasteiger partial charge on any atom is 0.253 e. The van der Waals surface area contributed by atoms with Gasteiger partial charge in [0.05, 0.1) is 5.56 Å². The molecular weight excluding hydrogens is 248 g/mol. The van der Waals surface area contributed by atoms with E-state index in [1.165, 1.54) is 11.1 Å². The number of amides is 1. The first-order valence-electron chi connectivity index (χ1n) is 6.76. The number of nitrogen functional groups attached to an aromatic ring is 1. The van der Waals surface area contributed by atoms with Gasteiger partial charge in [0, 0.05) is 12.2 Å². The lowest BCUT2D eigenvalue weighted by Crippen LogP contribution is -2.26. The van der Waals surface area contributed by atoms with E-state index in [4.69, 9.17) is 5.73 Å². The summed E-state index contributed by atoms with van der Waals surface area (Å²) < 4.78 is 0. The second-order valence-corrected chi connectivity index (χ2v) is 5.09. The Kier molecular flexibility index (Phi) is 4.41. The Morgan fingerprint density at radius 3 is 2.60 bits per heavy atom. The van der Waals surface area contributed by atoms with E-state index in [2.05, 4.69) is 30.4 Å². The van der Waals surface area contributed by atoms with Crippen molar-refractivity contribution in [3.8, 4) is 0 Å². The second-order valence-electron chi connectivity index (χ2n) is 5.09. The molecular formula is C17H20N2O. The van der Waals surface area contributed by atoms with E-state index in [0.717, 1.165) is 12.0 Å². The minimum atomic E-state index is -0.112. The third kappa shape index (κ3) is 3.60. The summed E-state index contributed by atoms with van der Waals surface area (Å²) >= 11 is 0. The Morgan fingerprint density at radius 2 is 1.85 bits per heavy atom. The summed E-state index contributed by atoms with van der Waals surface area (Å²) in [5, 5.41) is 2.92. The van der Waals surface area contributed by atoms with E-state index in [-0.39, 0.29) is 5.91 Å². The maximum absolute atomic E-state index is 12.1. The van der Waals surface area contributed by atoms with Crippen LogP contribution in [0.15, 0.2) is 42.5 Å². The highest BCUT2D eigenvalue weighted by molar-refractivity contribution is 5.99. The van der Waals surface area contributed by atoms with Crippen molar-refractivity contribution in [3.05, 3.63) is 64.7 Å². The fourth-order valence-electron chi connectivity index (χ4n) is 2.15. The SMILES string of the molecule is Cc1cccc(CCNC(=O)c2cc(C)ccc2N)c1. The molecule has 0 aliphatic rings. The van der Waals surface area contributed by atoms with Gasteiger partial charge in [0.2, 0.25) is 0 Å². The van der Waals surface area contributed by atoms with Crippen molar-refractivity contribution in [2.75, 3.05) is 12.3 Å². The predicted molar refractivity (Wildman–Crippen MR) is 82.8 cm³/mol. The van der Waals surface area contributed by atoms with E-state index in [9.17, 15) is 4.79 Å².